The zero-order valence-electron chi connectivity index (χ0n) is 35.8. The summed E-state index contributed by atoms with van der Waals surface area (Å²) in [5.41, 5.74) is 23.8. The number of rotatable bonds is 17. The first-order chi connectivity index (χ1) is 30.0. The third kappa shape index (κ3) is 11.3. The van der Waals surface area contributed by atoms with E-state index in [-0.39, 0.29) is 38.1 Å². The highest BCUT2D eigenvalue weighted by molar-refractivity contribution is 6.74. The van der Waals surface area contributed by atoms with Gasteiger partial charge in [-0.25, -0.2) is 0 Å². The summed E-state index contributed by atoms with van der Waals surface area (Å²) < 4.78 is 60.1. The molecular weight excluding hydrogens is 809 g/mol. The van der Waals surface area contributed by atoms with Crippen molar-refractivity contribution in [2.24, 2.45) is 10.2 Å². The van der Waals surface area contributed by atoms with Gasteiger partial charge in [0, 0.05) is 15.4 Å². The molecule has 0 saturated carbocycles. The second-order valence-corrected chi connectivity index (χ2v) is 21.9. The van der Waals surface area contributed by atoms with Crippen LogP contribution in [0.1, 0.15) is 49.3 Å². The molecule has 0 bridgehead atoms. The van der Waals surface area contributed by atoms with E-state index in [1.165, 1.54) is 0 Å². The van der Waals surface area contributed by atoms with E-state index in [2.05, 4.69) is 53.9 Å². The molecule has 62 heavy (non-hydrogen) atoms. The summed E-state index contributed by atoms with van der Waals surface area (Å²) in [6.45, 7) is 11.4. The number of ether oxygens (including phenoxy) is 8. The maximum atomic E-state index is 10.1. The van der Waals surface area contributed by atoms with Crippen LogP contribution in [0.4, 0.5) is 0 Å². The van der Waals surface area contributed by atoms with Gasteiger partial charge in [-0.1, -0.05) is 152 Å². The molecule has 0 unspecified atom stereocenters. The van der Waals surface area contributed by atoms with E-state index < -0.39 is 75.9 Å². The van der Waals surface area contributed by atoms with Gasteiger partial charge in [-0.2, -0.15) is 0 Å². The van der Waals surface area contributed by atoms with Crippen molar-refractivity contribution in [3.05, 3.63) is 164 Å². The lowest BCUT2D eigenvalue weighted by atomic mass is 9.94. The van der Waals surface area contributed by atoms with Crippen LogP contribution in [0.15, 0.2) is 132 Å². The minimum atomic E-state index is -2.55. The Morgan fingerprint density at radius 1 is 0.645 bits per heavy atom. The van der Waals surface area contributed by atoms with Crippen molar-refractivity contribution in [2.45, 2.75) is 126 Å². The van der Waals surface area contributed by atoms with Crippen LogP contribution in [0.5, 0.6) is 0 Å². The molecule has 0 amide bonds. The summed E-state index contributed by atoms with van der Waals surface area (Å²) in [5.74, 6) is 0. The second-order valence-electron chi connectivity index (χ2n) is 17.2. The molecule has 3 saturated heterocycles. The van der Waals surface area contributed by atoms with Gasteiger partial charge in [0.25, 0.3) is 0 Å². The number of nitrogens with zero attached hydrogens (tertiary/aromatic N) is 6. The largest absolute Gasteiger partial charge is 0.392 e. The monoisotopic (exact) mass is 864 g/mol. The molecule has 0 N–H and O–H groups in total. The zero-order valence-corrected chi connectivity index (χ0v) is 36.8. The average Bonchev–Trinajstić information content (AvgIpc) is 3.28. The average molecular weight is 865 g/mol. The van der Waals surface area contributed by atoms with Crippen molar-refractivity contribution in [1.82, 2.24) is 0 Å². The van der Waals surface area contributed by atoms with Gasteiger partial charge in [-0.3, -0.25) is 0 Å². The minimum absolute atomic E-state index is 0.0367. The van der Waals surface area contributed by atoms with Crippen LogP contribution >= 0.6 is 0 Å². The molecule has 16 heteroatoms. The molecule has 7 rings (SSSR count). The van der Waals surface area contributed by atoms with Crippen LogP contribution in [0, 0.1) is 0 Å². The van der Waals surface area contributed by atoms with Crippen LogP contribution in [0.25, 0.3) is 20.9 Å². The van der Waals surface area contributed by atoms with E-state index in [9.17, 15) is 11.1 Å². The first kappa shape index (κ1) is 45.4. The van der Waals surface area contributed by atoms with Gasteiger partial charge in [0.2, 0.25) is 0 Å². The van der Waals surface area contributed by atoms with Crippen LogP contribution in [0.3, 0.4) is 0 Å². The van der Waals surface area contributed by atoms with Gasteiger partial charge >= 0.3 is 0 Å². The summed E-state index contributed by atoms with van der Waals surface area (Å²) in [6.07, 6.45) is -8.06. The number of benzene rings is 4. The van der Waals surface area contributed by atoms with E-state index in [1.807, 2.05) is 121 Å². The first-order valence-electron chi connectivity index (χ1n) is 21.0. The van der Waals surface area contributed by atoms with Gasteiger partial charge in [0.15, 0.2) is 27.2 Å². The van der Waals surface area contributed by atoms with Crippen molar-refractivity contribution in [1.29, 1.82) is 0 Å². The number of hydrogen-bond donors (Lipinski definition) is 0. The molecule has 3 aliphatic rings. The van der Waals surface area contributed by atoms with Gasteiger partial charge < -0.3 is 42.3 Å². The quantitative estimate of drug-likeness (QED) is 0.0432. The molecule has 4 aromatic rings. The Hall–Kier alpha value is -4.64. The van der Waals surface area contributed by atoms with Gasteiger partial charge in [0.05, 0.1) is 33.0 Å². The lowest BCUT2D eigenvalue weighted by molar-refractivity contribution is -0.367. The Bertz CT molecular complexity index is 2090. The lowest BCUT2D eigenvalue weighted by Gasteiger charge is -2.51. The van der Waals surface area contributed by atoms with Gasteiger partial charge in [-0.05, 0) is 45.9 Å². The highest BCUT2D eigenvalue weighted by Crippen LogP contribution is 2.42. The number of fused-ring (bicyclic) bond motifs is 1. The van der Waals surface area contributed by atoms with E-state index in [0.29, 0.717) is 0 Å². The molecule has 3 aliphatic heterocycles. The third-order valence-electron chi connectivity index (χ3n) is 11.8. The predicted octanol–water partition coefficient (Wildman–Crippen LogP) is 9.70. The smallest absolute Gasteiger partial charge is 0.195 e. The molecule has 3 heterocycles. The molecule has 0 aromatic heterocycles. The Morgan fingerprint density at radius 3 is 1.71 bits per heavy atom. The Labute approximate surface area is 363 Å². The van der Waals surface area contributed by atoms with Crippen molar-refractivity contribution < 1.29 is 42.3 Å². The fourth-order valence-corrected chi connectivity index (χ4v) is 8.64. The fourth-order valence-electron chi connectivity index (χ4n) is 7.51. The van der Waals surface area contributed by atoms with E-state index in [0.717, 1.165) is 22.3 Å². The Kier molecular flexibility index (Phi) is 15.5. The molecule has 15 nitrogen and oxygen atoms in total. The third-order valence-corrected chi connectivity index (χ3v) is 16.3. The van der Waals surface area contributed by atoms with Crippen LogP contribution in [0.2, 0.25) is 18.1 Å². The molecule has 4 aromatic carbocycles. The number of hydrogen-bond acceptors (Lipinski definition) is 11. The molecular formula is C46H56N6O9Si. The summed E-state index contributed by atoms with van der Waals surface area (Å²) in [7, 11) is -2.55. The molecule has 328 valence electrons. The SMILES string of the molecule is CC(C)(C)[Si](C)(C)O[C@@H]1O[C@H](COCc2ccccc2)[C@@H](O[C@H]2O[C@@H]3CO[C@@H](c4ccccc4)O[C@H]3[C@H](OCc3ccccc3)[C@@H]2N=[N+]=[N-])[C@H](OCc2ccccc2)[C@H]1N=[N+]=[N-]. The van der Waals surface area contributed by atoms with Crippen molar-refractivity contribution >= 4 is 8.32 Å². The van der Waals surface area contributed by atoms with Crippen LogP contribution < -0.4 is 0 Å². The maximum absolute atomic E-state index is 10.1. The highest BCUT2D eigenvalue weighted by Gasteiger charge is 2.56. The van der Waals surface area contributed by atoms with Gasteiger partial charge in [-0.15, -0.1) is 0 Å². The van der Waals surface area contributed by atoms with E-state index >= 15 is 0 Å². The van der Waals surface area contributed by atoms with Crippen LogP contribution in [-0.2, 0) is 62.1 Å². The Balaban J connectivity index is 1.25. The van der Waals surface area contributed by atoms with Crippen molar-refractivity contribution in [3.63, 3.8) is 0 Å². The predicted molar refractivity (Wildman–Crippen MR) is 232 cm³/mol. The fraction of sp³-hybridized carbons (Fsp3) is 0.478. The molecule has 11 atom stereocenters. The Morgan fingerprint density at radius 2 is 1.16 bits per heavy atom. The topological polar surface area (TPSA) is 181 Å². The maximum Gasteiger partial charge on any atom is 0.195 e. The summed E-state index contributed by atoms with van der Waals surface area (Å²) in [6, 6.07) is 36.7. The summed E-state index contributed by atoms with van der Waals surface area (Å²) >= 11 is 0. The van der Waals surface area contributed by atoms with Gasteiger partial charge in [0.1, 0.15) is 48.7 Å². The zero-order chi connectivity index (χ0) is 43.5. The van der Waals surface area contributed by atoms with Crippen LogP contribution in [-0.4, -0.2) is 82.8 Å². The second kappa shape index (κ2) is 21.2. The van der Waals surface area contributed by atoms with E-state index in [1.54, 1.807) is 0 Å². The molecule has 3 fully saturated rings. The summed E-state index contributed by atoms with van der Waals surface area (Å²) in [4.78, 5) is 6.54. The lowest BCUT2D eigenvalue weighted by Crippen LogP contribution is -2.66. The standard InChI is InChI=1S/C46H56N6O9Si/c1-46(2,3)62(4,5)61-45-38(50-52-48)42(55-28-33-22-14-8-15-23-33)39(35(58-45)29-53-26-31-18-10-6-11-19-31)60-44-37(49-51-47)41(54-27-32-20-12-7-13-21-32)40-36(57-44)30-56-43(59-40)34-24-16-9-17-25-34/h6-25,35-45H,26-30H2,1-5H3/t35-,36-,37+,38-,39-,40-,41-,42-,43-,44-,45+/m1/s1. The molecule has 0 spiro atoms. The number of azide groups is 2. The minimum Gasteiger partial charge on any atom is -0.392 e. The highest BCUT2D eigenvalue weighted by atomic mass is 28.4. The van der Waals surface area contributed by atoms with E-state index in [4.69, 9.17) is 42.3 Å². The van der Waals surface area contributed by atoms with Crippen molar-refractivity contribution in [3.8, 4) is 0 Å². The normalized spacial score (nSPS) is 28.8. The summed E-state index contributed by atoms with van der Waals surface area (Å²) in [5, 5.41) is 8.35. The van der Waals surface area contributed by atoms with Crippen molar-refractivity contribution in [2.75, 3.05) is 13.2 Å². The molecule has 0 radical (unpaired) electrons. The molecule has 0 aliphatic carbocycles. The first-order valence-corrected chi connectivity index (χ1v) is 23.9.